The summed E-state index contributed by atoms with van der Waals surface area (Å²) >= 11 is 0. The van der Waals surface area contributed by atoms with E-state index in [1.807, 2.05) is 0 Å². The average molecular weight is 185 g/mol. The lowest BCUT2D eigenvalue weighted by Gasteiger charge is -2.06. The van der Waals surface area contributed by atoms with Gasteiger partial charge in [0.15, 0.2) is 11.4 Å². The molecular formula is C7H5F2N3O. The van der Waals surface area contributed by atoms with Crippen LogP contribution < -0.4 is 5.73 Å². The maximum absolute atomic E-state index is 12.3. The van der Waals surface area contributed by atoms with E-state index < -0.39 is 29.1 Å². The number of alkyl halides is 2. The molecule has 0 aliphatic carbocycles. The van der Waals surface area contributed by atoms with Crippen molar-refractivity contribution >= 4 is 5.69 Å². The van der Waals surface area contributed by atoms with Crippen molar-refractivity contribution in [3.05, 3.63) is 17.5 Å². The van der Waals surface area contributed by atoms with Crippen LogP contribution >= 0.6 is 0 Å². The smallest absolute Gasteiger partial charge is 0.268 e. The van der Waals surface area contributed by atoms with Crippen LogP contribution in [0.25, 0.3) is 0 Å². The lowest BCUT2D eigenvalue weighted by molar-refractivity contribution is 0.151. The predicted octanol–water partition coefficient (Wildman–Crippen LogP) is 1.18. The molecule has 0 aromatic carbocycles. The Morgan fingerprint density at radius 1 is 1.62 bits per heavy atom. The molecule has 0 bridgehead atoms. The van der Waals surface area contributed by atoms with Crippen LogP contribution in [0.3, 0.4) is 0 Å². The SMILES string of the molecule is N#Cc1ncc(O)c(N)c1C(F)F. The number of nitrogens with two attached hydrogens (primary N) is 1. The third kappa shape index (κ3) is 1.49. The number of aromatic hydroxyl groups is 1. The van der Waals surface area contributed by atoms with Gasteiger partial charge < -0.3 is 10.8 Å². The normalized spacial score (nSPS) is 10.0. The molecule has 0 spiro atoms. The molecule has 0 aliphatic heterocycles. The average Bonchev–Trinajstić information content (AvgIpc) is 2.08. The van der Waals surface area contributed by atoms with E-state index in [4.69, 9.17) is 16.1 Å². The molecular weight excluding hydrogens is 180 g/mol. The molecule has 1 rings (SSSR count). The molecule has 0 atom stereocenters. The van der Waals surface area contributed by atoms with Crippen molar-refractivity contribution in [3.63, 3.8) is 0 Å². The number of rotatable bonds is 1. The summed E-state index contributed by atoms with van der Waals surface area (Å²) in [5, 5.41) is 17.3. The lowest BCUT2D eigenvalue weighted by Crippen LogP contribution is -2.01. The van der Waals surface area contributed by atoms with Crippen LogP contribution in [-0.4, -0.2) is 10.1 Å². The van der Waals surface area contributed by atoms with Gasteiger partial charge in [0.25, 0.3) is 6.43 Å². The summed E-state index contributed by atoms with van der Waals surface area (Å²) in [6.45, 7) is 0. The van der Waals surface area contributed by atoms with E-state index in [0.29, 0.717) is 0 Å². The number of nitriles is 1. The van der Waals surface area contributed by atoms with E-state index in [-0.39, 0.29) is 0 Å². The first kappa shape index (κ1) is 9.19. The summed E-state index contributed by atoms with van der Waals surface area (Å²) in [5.41, 5.74) is 3.45. The zero-order valence-electron chi connectivity index (χ0n) is 6.33. The number of halogens is 2. The van der Waals surface area contributed by atoms with Gasteiger partial charge in [0, 0.05) is 0 Å². The summed E-state index contributed by atoms with van der Waals surface area (Å²) in [6, 6.07) is 1.46. The summed E-state index contributed by atoms with van der Waals surface area (Å²) in [4.78, 5) is 3.31. The number of aromatic nitrogens is 1. The van der Waals surface area contributed by atoms with Gasteiger partial charge in [-0.1, -0.05) is 0 Å². The van der Waals surface area contributed by atoms with E-state index in [0.717, 1.165) is 6.20 Å². The van der Waals surface area contributed by atoms with E-state index in [2.05, 4.69) is 4.98 Å². The van der Waals surface area contributed by atoms with Gasteiger partial charge in [0.2, 0.25) is 0 Å². The van der Waals surface area contributed by atoms with Gasteiger partial charge in [-0.25, -0.2) is 13.8 Å². The zero-order valence-corrected chi connectivity index (χ0v) is 6.33. The van der Waals surface area contributed by atoms with Crippen LogP contribution in [0.15, 0.2) is 6.20 Å². The molecule has 0 unspecified atom stereocenters. The van der Waals surface area contributed by atoms with Crippen LogP contribution in [0.5, 0.6) is 5.75 Å². The molecule has 1 heterocycles. The van der Waals surface area contributed by atoms with Crippen molar-refractivity contribution in [2.24, 2.45) is 0 Å². The van der Waals surface area contributed by atoms with Crippen LogP contribution in [0, 0.1) is 11.3 Å². The Hall–Kier alpha value is -1.90. The number of hydrogen-bond donors (Lipinski definition) is 2. The molecule has 0 saturated carbocycles. The Balaban J connectivity index is 3.43. The standard InChI is InChI=1S/C7H5F2N3O/c8-7(9)5-3(1-10)12-2-4(13)6(5)11/h2,7,13H,(H2,11,12). The summed E-state index contributed by atoms with van der Waals surface area (Å²) < 4.78 is 24.5. The number of hydrogen-bond acceptors (Lipinski definition) is 4. The highest BCUT2D eigenvalue weighted by atomic mass is 19.3. The topological polar surface area (TPSA) is 82.9 Å². The molecule has 0 fully saturated rings. The van der Waals surface area contributed by atoms with Gasteiger partial charge in [-0.3, -0.25) is 0 Å². The van der Waals surface area contributed by atoms with Crippen molar-refractivity contribution in [1.82, 2.24) is 4.98 Å². The molecule has 0 saturated heterocycles. The maximum atomic E-state index is 12.3. The van der Waals surface area contributed by atoms with Crippen LogP contribution in [-0.2, 0) is 0 Å². The molecule has 1 aromatic rings. The van der Waals surface area contributed by atoms with Crippen molar-refractivity contribution in [2.45, 2.75) is 6.43 Å². The van der Waals surface area contributed by atoms with Gasteiger partial charge >= 0.3 is 0 Å². The predicted molar refractivity (Wildman–Crippen MR) is 40.0 cm³/mol. The molecule has 0 aliphatic rings. The van der Waals surface area contributed by atoms with Gasteiger partial charge in [-0.2, -0.15) is 5.26 Å². The second-order valence-electron chi connectivity index (χ2n) is 2.23. The number of nitrogen functional groups attached to an aromatic ring is 1. The third-order valence-corrected chi connectivity index (χ3v) is 1.46. The van der Waals surface area contributed by atoms with Crippen molar-refractivity contribution in [3.8, 4) is 11.8 Å². The van der Waals surface area contributed by atoms with E-state index in [1.54, 1.807) is 0 Å². The Labute approximate surface area is 72.2 Å². The first-order chi connectivity index (χ1) is 6.07. The summed E-state index contributed by atoms with van der Waals surface area (Å²) in [7, 11) is 0. The zero-order chi connectivity index (χ0) is 10.0. The fourth-order valence-corrected chi connectivity index (χ4v) is 0.840. The number of anilines is 1. The summed E-state index contributed by atoms with van der Waals surface area (Å²) in [6.07, 6.45) is -2.06. The van der Waals surface area contributed by atoms with Crippen LogP contribution in [0.1, 0.15) is 17.7 Å². The molecule has 0 radical (unpaired) electrons. The molecule has 13 heavy (non-hydrogen) atoms. The fourth-order valence-electron chi connectivity index (χ4n) is 0.840. The van der Waals surface area contributed by atoms with E-state index in [9.17, 15) is 8.78 Å². The highest BCUT2D eigenvalue weighted by molar-refractivity contribution is 5.60. The maximum Gasteiger partial charge on any atom is 0.268 e. The first-order valence-electron chi connectivity index (χ1n) is 3.23. The molecule has 0 amide bonds. The Bertz CT molecular complexity index is 373. The highest BCUT2D eigenvalue weighted by Gasteiger charge is 2.20. The molecule has 68 valence electrons. The Morgan fingerprint density at radius 2 is 2.23 bits per heavy atom. The minimum atomic E-state index is -2.92. The van der Waals surface area contributed by atoms with Crippen molar-refractivity contribution in [2.75, 3.05) is 5.73 Å². The monoisotopic (exact) mass is 185 g/mol. The van der Waals surface area contributed by atoms with Crippen molar-refractivity contribution in [1.29, 1.82) is 5.26 Å². The van der Waals surface area contributed by atoms with Gasteiger partial charge in [0.1, 0.15) is 6.07 Å². The number of pyridine rings is 1. The first-order valence-corrected chi connectivity index (χ1v) is 3.23. The molecule has 3 N–H and O–H groups in total. The molecule has 6 heteroatoms. The van der Waals surface area contributed by atoms with Gasteiger partial charge in [0.05, 0.1) is 17.4 Å². The summed E-state index contributed by atoms with van der Waals surface area (Å²) in [5.74, 6) is -0.547. The molecule has 1 aromatic heterocycles. The molecule has 4 nitrogen and oxygen atoms in total. The van der Waals surface area contributed by atoms with E-state index >= 15 is 0 Å². The lowest BCUT2D eigenvalue weighted by atomic mass is 10.1. The minimum absolute atomic E-state index is 0.467. The quantitative estimate of drug-likeness (QED) is 0.688. The fraction of sp³-hybridized carbons (Fsp3) is 0.143. The van der Waals surface area contributed by atoms with Gasteiger partial charge in [-0.15, -0.1) is 0 Å². The third-order valence-electron chi connectivity index (χ3n) is 1.46. The second-order valence-corrected chi connectivity index (χ2v) is 2.23. The van der Waals surface area contributed by atoms with Crippen LogP contribution in [0.4, 0.5) is 14.5 Å². The highest BCUT2D eigenvalue weighted by Crippen LogP contribution is 2.32. The van der Waals surface area contributed by atoms with Gasteiger partial charge in [-0.05, 0) is 0 Å². The van der Waals surface area contributed by atoms with Crippen LogP contribution in [0.2, 0.25) is 0 Å². The second kappa shape index (κ2) is 3.23. The minimum Gasteiger partial charge on any atom is -0.504 e. The number of nitrogens with zero attached hydrogens (tertiary/aromatic N) is 2. The Kier molecular flexibility index (Phi) is 2.28. The largest absolute Gasteiger partial charge is 0.504 e. The van der Waals surface area contributed by atoms with Crippen molar-refractivity contribution < 1.29 is 13.9 Å². The van der Waals surface area contributed by atoms with E-state index in [1.165, 1.54) is 6.07 Å². The Morgan fingerprint density at radius 3 is 2.69 bits per heavy atom.